The summed E-state index contributed by atoms with van der Waals surface area (Å²) in [6.07, 6.45) is 9.27. The van der Waals surface area contributed by atoms with Crippen LogP contribution in [-0.2, 0) is 6.54 Å². The quantitative estimate of drug-likeness (QED) is 0.348. The maximum Gasteiger partial charge on any atom is 0.290 e. The summed E-state index contributed by atoms with van der Waals surface area (Å²) in [6, 6.07) is 13.7. The third-order valence-electron chi connectivity index (χ3n) is 6.69. The van der Waals surface area contributed by atoms with Crippen molar-refractivity contribution in [3.63, 3.8) is 0 Å². The Labute approximate surface area is 201 Å². The van der Waals surface area contributed by atoms with Crippen molar-refractivity contribution in [2.24, 2.45) is 0 Å². The van der Waals surface area contributed by atoms with Gasteiger partial charge in [0.15, 0.2) is 5.82 Å². The third-order valence-corrected chi connectivity index (χ3v) is 6.69. The molecule has 1 amide bonds. The molecule has 4 rings (SSSR count). The minimum Gasteiger partial charge on any atom is -0.481 e. The first-order valence-corrected chi connectivity index (χ1v) is 11.9. The van der Waals surface area contributed by atoms with Crippen molar-refractivity contribution in [3.05, 3.63) is 53.9 Å². The predicted molar refractivity (Wildman–Crippen MR) is 135 cm³/mol. The van der Waals surface area contributed by atoms with Gasteiger partial charge in [0.25, 0.3) is 5.91 Å². The summed E-state index contributed by atoms with van der Waals surface area (Å²) in [5, 5.41) is 3.69. The first-order valence-electron chi connectivity index (χ1n) is 11.9. The number of terminal acetylenes is 1. The number of aromatic nitrogens is 2. The molecule has 2 aromatic carbocycles. The van der Waals surface area contributed by atoms with Crippen LogP contribution in [0.2, 0.25) is 0 Å². The second-order valence-electron chi connectivity index (χ2n) is 9.22. The van der Waals surface area contributed by atoms with Gasteiger partial charge in [0.1, 0.15) is 12.4 Å². The molecule has 0 spiro atoms. The van der Waals surface area contributed by atoms with Crippen molar-refractivity contribution in [1.82, 2.24) is 20.2 Å². The lowest BCUT2D eigenvalue weighted by molar-refractivity contribution is 0.0359. The van der Waals surface area contributed by atoms with E-state index < -0.39 is 0 Å². The van der Waals surface area contributed by atoms with E-state index in [0.717, 1.165) is 54.6 Å². The topological polar surface area (TPSA) is 96.3 Å². The first-order chi connectivity index (χ1) is 16.4. The van der Waals surface area contributed by atoms with Crippen LogP contribution in [0.3, 0.4) is 0 Å². The molecule has 1 aliphatic rings. The van der Waals surface area contributed by atoms with Crippen molar-refractivity contribution in [2.45, 2.75) is 57.7 Å². The van der Waals surface area contributed by atoms with Gasteiger partial charge in [-0.05, 0) is 75.4 Å². The summed E-state index contributed by atoms with van der Waals surface area (Å²) in [7, 11) is 0. The number of nitrogen functional groups attached to an aromatic ring is 1. The van der Waals surface area contributed by atoms with Gasteiger partial charge in [-0.15, -0.1) is 6.42 Å². The van der Waals surface area contributed by atoms with Crippen LogP contribution in [0.5, 0.6) is 5.75 Å². The van der Waals surface area contributed by atoms with Crippen LogP contribution >= 0.6 is 0 Å². The number of hydrogen-bond acceptors (Lipinski definition) is 5. The van der Waals surface area contributed by atoms with Crippen molar-refractivity contribution in [1.29, 1.82) is 0 Å². The molecular weight excluding hydrogens is 426 g/mol. The second-order valence-corrected chi connectivity index (χ2v) is 9.22. The van der Waals surface area contributed by atoms with E-state index in [1.165, 1.54) is 0 Å². The number of aromatic amines is 1. The van der Waals surface area contributed by atoms with Crippen LogP contribution in [0, 0.1) is 12.3 Å². The average Bonchev–Trinajstić information content (AvgIpc) is 3.25. The zero-order valence-corrected chi connectivity index (χ0v) is 19.9. The number of imidazole rings is 1. The van der Waals surface area contributed by atoms with Crippen molar-refractivity contribution < 1.29 is 9.53 Å². The summed E-state index contributed by atoms with van der Waals surface area (Å²) in [5.74, 6) is 3.56. The number of nitrogens with zero attached hydrogens (tertiary/aromatic N) is 2. The van der Waals surface area contributed by atoms with E-state index in [9.17, 15) is 4.79 Å². The highest BCUT2D eigenvalue weighted by Gasteiger charge is 2.40. The standard InChI is InChI=1S/C27H33N5O2/c1-4-14-34-22-10-6-8-19(15-22)18-29-21-9-7-13-27(3,17-21)32(5-2)26(33)25-30-23-12-11-20(28)16-24(23)31-25/h1,6,8,10-12,15-16,21,29H,5,7,9,13-14,17-18,28H2,2-3H3,(H,30,31)/t21-,27?/m1/s1. The number of anilines is 1. The zero-order valence-electron chi connectivity index (χ0n) is 19.9. The summed E-state index contributed by atoms with van der Waals surface area (Å²) in [6.45, 7) is 5.84. The molecule has 1 heterocycles. The van der Waals surface area contributed by atoms with Gasteiger partial charge in [-0.25, -0.2) is 4.98 Å². The fourth-order valence-electron chi connectivity index (χ4n) is 5.04. The Morgan fingerprint density at radius 2 is 2.24 bits per heavy atom. The highest BCUT2D eigenvalue weighted by atomic mass is 16.5. The lowest BCUT2D eigenvalue weighted by Gasteiger charge is -2.46. The summed E-state index contributed by atoms with van der Waals surface area (Å²) >= 11 is 0. The molecule has 0 saturated heterocycles. The molecule has 3 aromatic rings. The lowest BCUT2D eigenvalue weighted by Crippen LogP contribution is -2.55. The first kappa shape index (κ1) is 23.7. The smallest absolute Gasteiger partial charge is 0.290 e. The van der Waals surface area contributed by atoms with Gasteiger partial charge in [0, 0.05) is 30.4 Å². The molecule has 1 aliphatic carbocycles. The number of rotatable bonds is 8. The van der Waals surface area contributed by atoms with Crippen molar-refractivity contribution >= 4 is 22.6 Å². The van der Waals surface area contributed by atoms with E-state index in [-0.39, 0.29) is 18.1 Å². The molecule has 178 valence electrons. The van der Waals surface area contributed by atoms with E-state index in [4.69, 9.17) is 16.9 Å². The van der Waals surface area contributed by atoms with Gasteiger partial charge < -0.3 is 25.7 Å². The fourth-order valence-corrected chi connectivity index (χ4v) is 5.04. The van der Waals surface area contributed by atoms with Gasteiger partial charge in [0.2, 0.25) is 0 Å². The Kier molecular flexibility index (Phi) is 7.09. The molecular formula is C27H33N5O2. The molecule has 7 heteroatoms. The SMILES string of the molecule is C#CCOc1cccc(CN[C@@H]2CCCC(C)(N(CC)C(=O)c3nc4ccc(N)cc4[nH]3)C2)c1. The van der Waals surface area contributed by atoms with Crippen LogP contribution in [-0.4, -0.2) is 45.5 Å². The summed E-state index contributed by atoms with van der Waals surface area (Å²) in [5.41, 5.74) is 8.94. The molecule has 34 heavy (non-hydrogen) atoms. The normalized spacial score (nSPS) is 20.1. The number of nitrogens with two attached hydrogens (primary N) is 1. The minimum absolute atomic E-state index is 0.0706. The number of ether oxygens (including phenoxy) is 1. The van der Waals surface area contributed by atoms with Crippen LogP contribution in [0.1, 0.15) is 55.7 Å². The maximum atomic E-state index is 13.5. The van der Waals surface area contributed by atoms with Gasteiger partial charge in [0.05, 0.1) is 11.0 Å². The number of carbonyl (C=O) groups is 1. The molecule has 0 radical (unpaired) electrons. The fraction of sp³-hybridized carbons (Fsp3) is 0.407. The van der Waals surface area contributed by atoms with Crippen LogP contribution in [0.4, 0.5) is 5.69 Å². The highest BCUT2D eigenvalue weighted by molar-refractivity contribution is 5.95. The zero-order chi connectivity index (χ0) is 24.1. The lowest BCUT2D eigenvalue weighted by atomic mass is 9.78. The number of fused-ring (bicyclic) bond motifs is 1. The van der Waals surface area contributed by atoms with Gasteiger partial charge in [-0.2, -0.15) is 0 Å². The number of nitrogens with one attached hydrogen (secondary N) is 2. The van der Waals surface area contributed by atoms with Crippen molar-refractivity contribution in [2.75, 3.05) is 18.9 Å². The summed E-state index contributed by atoms with van der Waals surface area (Å²) in [4.78, 5) is 23.2. The molecule has 1 aromatic heterocycles. The van der Waals surface area contributed by atoms with E-state index in [0.29, 0.717) is 24.1 Å². The van der Waals surface area contributed by atoms with E-state index in [1.807, 2.05) is 42.2 Å². The number of H-pyrrole nitrogens is 1. The Morgan fingerprint density at radius 1 is 1.38 bits per heavy atom. The van der Waals surface area contributed by atoms with Gasteiger partial charge in [-0.3, -0.25) is 4.79 Å². The maximum absolute atomic E-state index is 13.5. The minimum atomic E-state index is -0.252. The van der Waals surface area contributed by atoms with E-state index in [2.05, 4.69) is 34.2 Å². The number of amides is 1. The largest absolute Gasteiger partial charge is 0.481 e. The third kappa shape index (κ3) is 5.18. The molecule has 0 aliphatic heterocycles. The number of carbonyl (C=O) groups excluding carboxylic acids is 1. The highest BCUT2D eigenvalue weighted by Crippen LogP contribution is 2.34. The Bertz CT molecular complexity index is 1200. The van der Waals surface area contributed by atoms with E-state index >= 15 is 0 Å². The van der Waals surface area contributed by atoms with Gasteiger partial charge in [-0.1, -0.05) is 18.1 Å². The van der Waals surface area contributed by atoms with E-state index in [1.54, 1.807) is 6.07 Å². The Hall–Kier alpha value is -3.50. The molecule has 4 N–H and O–H groups in total. The second kappa shape index (κ2) is 10.2. The molecule has 0 bridgehead atoms. The van der Waals surface area contributed by atoms with Crippen molar-refractivity contribution in [3.8, 4) is 18.1 Å². The number of benzene rings is 2. The Balaban J connectivity index is 1.44. The Morgan fingerprint density at radius 3 is 3.03 bits per heavy atom. The van der Waals surface area contributed by atoms with Crippen LogP contribution in [0.25, 0.3) is 11.0 Å². The average molecular weight is 460 g/mol. The van der Waals surface area contributed by atoms with Gasteiger partial charge >= 0.3 is 0 Å². The molecule has 1 fully saturated rings. The summed E-state index contributed by atoms with van der Waals surface area (Å²) < 4.78 is 5.54. The predicted octanol–water partition coefficient (Wildman–Crippen LogP) is 4.11. The molecule has 7 nitrogen and oxygen atoms in total. The molecule has 1 unspecified atom stereocenters. The molecule has 1 saturated carbocycles. The molecule has 2 atom stereocenters. The van der Waals surface area contributed by atoms with Crippen LogP contribution < -0.4 is 15.8 Å². The number of hydrogen-bond donors (Lipinski definition) is 3. The van der Waals surface area contributed by atoms with Crippen LogP contribution in [0.15, 0.2) is 42.5 Å². The monoisotopic (exact) mass is 459 g/mol.